The molecule has 170 valence electrons. The topological polar surface area (TPSA) is 121 Å². The lowest BCUT2D eigenvalue weighted by Gasteiger charge is -2.62. The number of alkyl halides is 1. The Hall–Kier alpha value is -1.90. The molecule has 8 atom stereocenters. The standard InChI is InChI=1S/C23H29FO7/c1-12(25)31-11-19(29)23(30)17(27)9-16-15-5-4-13-8-14(26)6-7-20(13,2)22(15,24)18(28)10-21(16,23)3/h6-8,15-18,27-28,30H,4-5,9-11H2,1-3H3/t15-,16-,17+,18+,20-,21-,22-,23-/m0/s1. The van der Waals surface area contributed by atoms with Crippen molar-refractivity contribution in [1.82, 2.24) is 0 Å². The summed E-state index contributed by atoms with van der Waals surface area (Å²) < 4.78 is 21.7. The summed E-state index contributed by atoms with van der Waals surface area (Å²) in [6, 6.07) is 0. The first-order valence-corrected chi connectivity index (χ1v) is 10.7. The summed E-state index contributed by atoms with van der Waals surface area (Å²) in [5, 5.41) is 33.4. The van der Waals surface area contributed by atoms with Gasteiger partial charge < -0.3 is 20.1 Å². The average molecular weight is 436 g/mol. The number of rotatable bonds is 3. The molecular weight excluding hydrogens is 407 g/mol. The van der Waals surface area contributed by atoms with Gasteiger partial charge in [-0.05, 0) is 50.7 Å². The number of halogens is 1. The van der Waals surface area contributed by atoms with Gasteiger partial charge in [0.2, 0.25) is 5.78 Å². The highest BCUT2D eigenvalue weighted by atomic mass is 19.1. The second kappa shape index (κ2) is 6.80. The van der Waals surface area contributed by atoms with E-state index in [1.807, 2.05) is 0 Å². The molecule has 0 amide bonds. The molecule has 0 aromatic carbocycles. The van der Waals surface area contributed by atoms with E-state index in [-0.39, 0.29) is 18.6 Å². The summed E-state index contributed by atoms with van der Waals surface area (Å²) in [7, 11) is 0. The van der Waals surface area contributed by atoms with Gasteiger partial charge in [-0.3, -0.25) is 14.4 Å². The Morgan fingerprint density at radius 3 is 2.55 bits per heavy atom. The highest BCUT2D eigenvalue weighted by Gasteiger charge is 2.76. The Bertz CT molecular complexity index is 912. The quantitative estimate of drug-likeness (QED) is 0.568. The average Bonchev–Trinajstić information content (AvgIpc) is 2.89. The molecule has 0 aromatic rings. The van der Waals surface area contributed by atoms with Gasteiger partial charge in [0.05, 0.1) is 12.2 Å². The lowest BCUT2D eigenvalue weighted by molar-refractivity contribution is -0.222. The van der Waals surface area contributed by atoms with Gasteiger partial charge in [-0.15, -0.1) is 0 Å². The number of carbonyl (C=O) groups excluding carboxylic acids is 3. The van der Waals surface area contributed by atoms with E-state index >= 15 is 4.39 Å². The maximum Gasteiger partial charge on any atom is 0.303 e. The van der Waals surface area contributed by atoms with E-state index in [4.69, 9.17) is 4.74 Å². The number of hydrogen-bond acceptors (Lipinski definition) is 7. The van der Waals surface area contributed by atoms with Crippen LogP contribution in [0.2, 0.25) is 0 Å². The second-order valence-electron chi connectivity index (χ2n) is 9.99. The van der Waals surface area contributed by atoms with Crippen molar-refractivity contribution < 1.29 is 38.8 Å². The molecule has 7 nitrogen and oxygen atoms in total. The minimum atomic E-state index is -2.27. The number of aliphatic hydroxyl groups excluding tert-OH is 2. The molecule has 4 aliphatic carbocycles. The van der Waals surface area contributed by atoms with Gasteiger partial charge in [0.25, 0.3) is 0 Å². The van der Waals surface area contributed by atoms with Crippen LogP contribution < -0.4 is 0 Å². The summed E-state index contributed by atoms with van der Waals surface area (Å²) in [5.74, 6) is -3.11. The van der Waals surface area contributed by atoms with Crippen LogP contribution in [0, 0.1) is 22.7 Å². The molecule has 0 bridgehead atoms. The highest BCUT2D eigenvalue weighted by Crippen LogP contribution is 2.69. The molecule has 3 N–H and O–H groups in total. The van der Waals surface area contributed by atoms with Gasteiger partial charge in [-0.1, -0.05) is 18.6 Å². The number of Topliss-reactive ketones (excluding diaryl/α,β-unsaturated/α-hetero) is 1. The molecule has 0 saturated heterocycles. The lowest BCUT2D eigenvalue weighted by atomic mass is 9.44. The van der Waals surface area contributed by atoms with E-state index in [1.165, 1.54) is 18.2 Å². The Morgan fingerprint density at radius 2 is 1.90 bits per heavy atom. The van der Waals surface area contributed by atoms with E-state index in [9.17, 15) is 29.7 Å². The third-order valence-electron chi connectivity index (χ3n) is 8.69. The minimum absolute atomic E-state index is 0.0142. The van der Waals surface area contributed by atoms with Gasteiger partial charge >= 0.3 is 5.97 Å². The number of hydrogen-bond donors (Lipinski definition) is 3. The Morgan fingerprint density at radius 1 is 1.23 bits per heavy atom. The molecule has 31 heavy (non-hydrogen) atoms. The number of ether oxygens (including phenoxy) is 1. The van der Waals surface area contributed by atoms with Gasteiger partial charge in [-0.2, -0.15) is 0 Å². The smallest absolute Gasteiger partial charge is 0.303 e. The SMILES string of the molecule is CC(=O)OCC(=O)[C@@]1(O)[C@H](O)C[C@H]2[C@@H]3CCC4=CC(=O)C=C[C@]4(C)[C@@]3(F)[C@H](O)C[C@@]21C. The monoisotopic (exact) mass is 436 g/mol. The Balaban J connectivity index is 1.76. The van der Waals surface area contributed by atoms with Crippen molar-refractivity contribution in [2.45, 2.75) is 69.9 Å². The van der Waals surface area contributed by atoms with Crippen molar-refractivity contribution in [3.63, 3.8) is 0 Å². The van der Waals surface area contributed by atoms with Crippen molar-refractivity contribution in [3.8, 4) is 0 Å². The summed E-state index contributed by atoms with van der Waals surface area (Å²) in [6.45, 7) is 3.69. The summed E-state index contributed by atoms with van der Waals surface area (Å²) in [5.41, 5.74) is -6.28. The van der Waals surface area contributed by atoms with Crippen molar-refractivity contribution in [3.05, 3.63) is 23.8 Å². The maximum absolute atomic E-state index is 16.9. The molecule has 4 aliphatic rings. The molecule has 3 fully saturated rings. The third-order valence-corrected chi connectivity index (χ3v) is 8.69. The van der Waals surface area contributed by atoms with Crippen LogP contribution in [0.3, 0.4) is 0 Å². The van der Waals surface area contributed by atoms with Gasteiger partial charge in [-0.25, -0.2) is 4.39 Å². The fourth-order valence-electron chi connectivity index (χ4n) is 7.01. The molecule has 0 radical (unpaired) electrons. The van der Waals surface area contributed by atoms with Gasteiger partial charge in [0.15, 0.2) is 23.7 Å². The predicted octanol–water partition coefficient (Wildman–Crippen LogP) is 1.19. The Kier molecular flexibility index (Phi) is 4.89. The van der Waals surface area contributed by atoms with Crippen LogP contribution in [0.4, 0.5) is 4.39 Å². The number of carbonyl (C=O) groups is 3. The van der Waals surface area contributed by atoms with Crippen LogP contribution in [0.15, 0.2) is 23.8 Å². The largest absolute Gasteiger partial charge is 0.458 e. The fourth-order valence-corrected chi connectivity index (χ4v) is 7.01. The molecular formula is C23H29FO7. The molecule has 0 heterocycles. The van der Waals surface area contributed by atoms with Crippen molar-refractivity contribution in [2.75, 3.05) is 6.61 Å². The number of ketones is 2. The first-order valence-electron chi connectivity index (χ1n) is 10.7. The highest BCUT2D eigenvalue weighted by molar-refractivity contribution is 6.01. The van der Waals surface area contributed by atoms with Crippen LogP contribution in [-0.2, 0) is 19.1 Å². The molecule has 3 saturated carbocycles. The zero-order chi connectivity index (χ0) is 23.0. The van der Waals surface area contributed by atoms with Crippen LogP contribution in [0.25, 0.3) is 0 Å². The summed E-state index contributed by atoms with van der Waals surface area (Å²) >= 11 is 0. The van der Waals surface area contributed by atoms with Crippen molar-refractivity contribution in [1.29, 1.82) is 0 Å². The second-order valence-corrected chi connectivity index (χ2v) is 9.99. The number of aliphatic hydroxyl groups is 3. The predicted molar refractivity (Wildman–Crippen MR) is 106 cm³/mol. The molecule has 0 aromatic heterocycles. The number of allylic oxidation sites excluding steroid dienone is 4. The first kappa shape index (κ1) is 22.3. The van der Waals surface area contributed by atoms with E-state index in [0.29, 0.717) is 18.4 Å². The van der Waals surface area contributed by atoms with Crippen molar-refractivity contribution >= 4 is 17.5 Å². The van der Waals surface area contributed by atoms with E-state index in [0.717, 1.165) is 6.92 Å². The van der Waals surface area contributed by atoms with Crippen molar-refractivity contribution in [2.24, 2.45) is 22.7 Å². The maximum atomic E-state index is 16.9. The molecule has 4 rings (SSSR count). The lowest BCUT2D eigenvalue weighted by Crippen LogP contribution is -2.69. The van der Waals surface area contributed by atoms with Crippen LogP contribution in [0.5, 0.6) is 0 Å². The normalized spacial score (nSPS) is 48.4. The Labute approximate surface area is 180 Å². The molecule has 8 heteroatoms. The van der Waals surface area contributed by atoms with E-state index < -0.39 is 64.5 Å². The first-order chi connectivity index (χ1) is 14.3. The number of fused-ring (bicyclic) bond motifs is 5. The molecule has 0 spiro atoms. The van der Waals surface area contributed by atoms with Crippen LogP contribution in [-0.4, -0.2) is 62.9 Å². The fraction of sp³-hybridized carbons (Fsp3) is 0.696. The summed E-state index contributed by atoms with van der Waals surface area (Å²) in [4.78, 5) is 35.9. The van der Waals surface area contributed by atoms with Crippen LogP contribution in [0.1, 0.15) is 46.5 Å². The van der Waals surface area contributed by atoms with Gasteiger partial charge in [0, 0.05) is 23.7 Å². The zero-order valence-electron chi connectivity index (χ0n) is 17.9. The zero-order valence-corrected chi connectivity index (χ0v) is 17.9. The van der Waals surface area contributed by atoms with E-state index in [1.54, 1.807) is 13.8 Å². The minimum Gasteiger partial charge on any atom is -0.458 e. The third kappa shape index (κ3) is 2.64. The number of esters is 1. The summed E-state index contributed by atoms with van der Waals surface area (Å²) in [6.07, 6.45) is 1.74. The molecule has 0 unspecified atom stereocenters. The molecule has 0 aliphatic heterocycles. The van der Waals surface area contributed by atoms with Crippen LogP contribution >= 0.6 is 0 Å². The van der Waals surface area contributed by atoms with E-state index in [2.05, 4.69) is 0 Å². The van der Waals surface area contributed by atoms with Gasteiger partial charge in [0.1, 0.15) is 0 Å².